The predicted octanol–water partition coefficient (Wildman–Crippen LogP) is 0.494. The standard InChI is InChI=1S/C12H26N2O3/c1-7-13-12(3,11(15)17-6)9-14(4)10(2)8-16-5/h10,13H,7-9H2,1-6H3. The van der Waals surface area contributed by atoms with Crippen LogP contribution in [0, 0.1) is 0 Å². The number of likely N-dealkylation sites (N-methyl/N-ethyl adjacent to an activating group) is 2. The maximum atomic E-state index is 11.8. The molecule has 1 N–H and O–H groups in total. The van der Waals surface area contributed by atoms with Crippen LogP contribution in [0.5, 0.6) is 0 Å². The number of hydrogen-bond acceptors (Lipinski definition) is 5. The van der Waals surface area contributed by atoms with E-state index in [1.807, 2.05) is 20.9 Å². The first-order valence-corrected chi connectivity index (χ1v) is 5.93. The van der Waals surface area contributed by atoms with Crippen LogP contribution in [0.3, 0.4) is 0 Å². The van der Waals surface area contributed by atoms with Gasteiger partial charge in [-0.1, -0.05) is 6.92 Å². The molecule has 0 bridgehead atoms. The van der Waals surface area contributed by atoms with E-state index in [0.717, 1.165) is 6.54 Å². The molecule has 0 aliphatic carbocycles. The molecule has 0 saturated carbocycles. The largest absolute Gasteiger partial charge is 0.468 e. The Bertz CT molecular complexity index is 236. The second-order valence-corrected chi connectivity index (χ2v) is 4.57. The van der Waals surface area contributed by atoms with Crippen LogP contribution < -0.4 is 5.32 Å². The predicted molar refractivity (Wildman–Crippen MR) is 68.1 cm³/mol. The van der Waals surface area contributed by atoms with E-state index >= 15 is 0 Å². The first kappa shape index (κ1) is 16.4. The first-order chi connectivity index (χ1) is 7.91. The van der Waals surface area contributed by atoms with E-state index in [-0.39, 0.29) is 12.0 Å². The number of ether oxygens (including phenoxy) is 2. The molecular formula is C12H26N2O3. The number of esters is 1. The van der Waals surface area contributed by atoms with Crippen molar-refractivity contribution in [2.24, 2.45) is 0 Å². The van der Waals surface area contributed by atoms with E-state index in [9.17, 15) is 4.79 Å². The first-order valence-electron chi connectivity index (χ1n) is 5.93. The summed E-state index contributed by atoms with van der Waals surface area (Å²) in [5.74, 6) is -0.240. The number of hydrogen-bond donors (Lipinski definition) is 1. The summed E-state index contributed by atoms with van der Waals surface area (Å²) in [5, 5.41) is 3.18. The maximum Gasteiger partial charge on any atom is 0.327 e. The van der Waals surface area contributed by atoms with Crippen LogP contribution in [-0.4, -0.2) is 63.4 Å². The summed E-state index contributed by atoms with van der Waals surface area (Å²) in [6, 6.07) is 0.252. The molecule has 0 aromatic carbocycles. The molecule has 102 valence electrons. The van der Waals surface area contributed by atoms with Crippen LogP contribution >= 0.6 is 0 Å². The quantitative estimate of drug-likeness (QED) is 0.632. The average molecular weight is 246 g/mol. The molecule has 0 spiro atoms. The summed E-state index contributed by atoms with van der Waals surface area (Å²) in [6.45, 7) is 7.83. The minimum atomic E-state index is -0.680. The zero-order chi connectivity index (χ0) is 13.5. The van der Waals surface area contributed by atoms with Crippen molar-refractivity contribution in [1.82, 2.24) is 10.2 Å². The third-order valence-corrected chi connectivity index (χ3v) is 2.93. The van der Waals surface area contributed by atoms with Gasteiger partial charge in [-0.15, -0.1) is 0 Å². The Hall–Kier alpha value is -0.650. The van der Waals surface area contributed by atoms with Crippen molar-refractivity contribution in [3.05, 3.63) is 0 Å². The summed E-state index contributed by atoms with van der Waals surface area (Å²) in [6.07, 6.45) is 0. The van der Waals surface area contributed by atoms with Crippen LogP contribution in [0.4, 0.5) is 0 Å². The fraction of sp³-hybridized carbons (Fsp3) is 0.917. The van der Waals surface area contributed by atoms with Gasteiger partial charge in [-0.3, -0.25) is 9.69 Å². The van der Waals surface area contributed by atoms with Crippen molar-refractivity contribution in [2.45, 2.75) is 32.4 Å². The van der Waals surface area contributed by atoms with Crippen LogP contribution in [0.15, 0.2) is 0 Å². The highest BCUT2D eigenvalue weighted by atomic mass is 16.5. The molecule has 0 fully saturated rings. The molecule has 0 saturated heterocycles. The van der Waals surface area contributed by atoms with Gasteiger partial charge in [0.2, 0.25) is 0 Å². The summed E-state index contributed by atoms with van der Waals surface area (Å²) < 4.78 is 9.96. The van der Waals surface area contributed by atoms with Crippen molar-refractivity contribution < 1.29 is 14.3 Å². The Morgan fingerprint density at radius 2 is 2.06 bits per heavy atom. The smallest absolute Gasteiger partial charge is 0.327 e. The summed E-state index contributed by atoms with van der Waals surface area (Å²) in [7, 11) is 5.06. The Balaban J connectivity index is 4.58. The minimum absolute atomic E-state index is 0.240. The Kier molecular flexibility index (Phi) is 7.34. The van der Waals surface area contributed by atoms with Gasteiger partial charge in [-0.2, -0.15) is 0 Å². The van der Waals surface area contributed by atoms with E-state index in [2.05, 4.69) is 17.1 Å². The van der Waals surface area contributed by atoms with Crippen molar-refractivity contribution >= 4 is 5.97 Å². The van der Waals surface area contributed by atoms with Gasteiger partial charge >= 0.3 is 5.97 Å². The Morgan fingerprint density at radius 1 is 1.47 bits per heavy atom. The molecule has 0 amide bonds. The van der Waals surface area contributed by atoms with Crippen LogP contribution in [0.2, 0.25) is 0 Å². The summed E-state index contributed by atoms with van der Waals surface area (Å²) in [5.41, 5.74) is -0.680. The van der Waals surface area contributed by atoms with Gasteiger partial charge in [0, 0.05) is 19.7 Å². The second-order valence-electron chi connectivity index (χ2n) is 4.57. The van der Waals surface area contributed by atoms with Crippen molar-refractivity contribution in [3.8, 4) is 0 Å². The van der Waals surface area contributed by atoms with Crippen LogP contribution in [0.1, 0.15) is 20.8 Å². The molecule has 0 aliphatic heterocycles. The van der Waals surface area contributed by atoms with Gasteiger partial charge in [0.05, 0.1) is 13.7 Å². The zero-order valence-electron chi connectivity index (χ0n) is 11.9. The molecule has 0 aromatic rings. The lowest BCUT2D eigenvalue weighted by Gasteiger charge is -2.34. The van der Waals surface area contributed by atoms with Gasteiger partial charge in [-0.05, 0) is 27.4 Å². The topological polar surface area (TPSA) is 50.8 Å². The van der Waals surface area contributed by atoms with Gasteiger partial charge in [-0.25, -0.2) is 0 Å². The van der Waals surface area contributed by atoms with Gasteiger partial charge < -0.3 is 14.8 Å². The normalized spacial score (nSPS) is 16.6. The number of nitrogens with zero attached hydrogens (tertiary/aromatic N) is 1. The lowest BCUT2D eigenvalue weighted by atomic mass is 10.0. The van der Waals surface area contributed by atoms with Crippen molar-refractivity contribution in [2.75, 3.05) is 41.0 Å². The van der Waals surface area contributed by atoms with Crippen LogP contribution in [0.25, 0.3) is 0 Å². The molecule has 0 rings (SSSR count). The molecule has 0 aliphatic rings. The molecule has 2 atom stereocenters. The van der Waals surface area contributed by atoms with Gasteiger partial charge in [0.25, 0.3) is 0 Å². The fourth-order valence-electron chi connectivity index (χ4n) is 1.83. The van der Waals surface area contributed by atoms with E-state index < -0.39 is 5.54 Å². The molecule has 5 nitrogen and oxygen atoms in total. The number of rotatable bonds is 8. The molecule has 0 heterocycles. The van der Waals surface area contributed by atoms with Gasteiger partial charge in [0.15, 0.2) is 0 Å². The third-order valence-electron chi connectivity index (χ3n) is 2.93. The molecule has 5 heteroatoms. The number of nitrogens with one attached hydrogen (secondary N) is 1. The summed E-state index contributed by atoms with van der Waals surface area (Å²) >= 11 is 0. The highest BCUT2D eigenvalue weighted by Gasteiger charge is 2.35. The molecule has 2 unspecified atom stereocenters. The average Bonchev–Trinajstić information content (AvgIpc) is 2.28. The third kappa shape index (κ3) is 5.02. The molecule has 0 aromatic heterocycles. The molecular weight excluding hydrogens is 220 g/mol. The Labute approximate surface area is 104 Å². The summed E-state index contributed by atoms with van der Waals surface area (Å²) in [4.78, 5) is 13.9. The maximum absolute atomic E-state index is 11.8. The van der Waals surface area contributed by atoms with E-state index in [1.54, 1.807) is 7.11 Å². The highest BCUT2D eigenvalue weighted by molar-refractivity contribution is 5.80. The number of carbonyl (C=O) groups excluding carboxylic acids is 1. The van der Waals surface area contributed by atoms with Crippen LogP contribution in [-0.2, 0) is 14.3 Å². The lowest BCUT2D eigenvalue weighted by molar-refractivity contribution is -0.148. The molecule has 0 radical (unpaired) electrons. The fourth-order valence-corrected chi connectivity index (χ4v) is 1.83. The van der Waals surface area contributed by atoms with Gasteiger partial charge in [0.1, 0.15) is 5.54 Å². The second kappa shape index (κ2) is 7.63. The van der Waals surface area contributed by atoms with E-state index in [4.69, 9.17) is 9.47 Å². The molecule has 17 heavy (non-hydrogen) atoms. The van der Waals surface area contributed by atoms with E-state index in [0.29, 0.717) is 13.2 Å². The highest BCUT2D eigenvalue weighted by Crippen LogP contribution is 2.10. The van der Waals surface area contributed by atoms with Crippen molar-refractivity contribution in [3.63, 3.8) is 0 Å². The Morgan fingerprint density at radius 3 is 2.47 bits per heavy atom. The zero-order valence-corrected chi connectivity index (χ0v) is 11.9. The van der Waals surface area contributed by atoms with E-state index in [1.165, 1.54) is 7.11 Å². The van der Waals surface area contributed by atoms with Crippen molar-refractivity contribution in [1.29, 1.82) is 0 Å². The SMILES string of the molecule is CCNC(C)(CN(C)C(C)COC)C(=O)OC. The number of carbonyl (C=O) groups is 1. The lowest BCUT2D eigenvalue weighted by Crippen LogP contribution is -2.58. The number of methoxy groups -OCH3 is 2. The minimum Gasteiger partial charge on any atom is -0.468 e. The monoisotopic (exact) mass is 246 g/mol.